The third-order valence-corrected chi connectivity index (χ3v) is 3.50. The van der Waals surface area contributed by atoms with E-state index in [1.165, 1.54) is 6.08 Å². The Balaban J connectivity index is 1.69. The molecule has 2 aromatic carbocycles. The minimum Gasteiger partial charge on any atom is -0.496 e. The summed E-state index contributed by atoms with van der Waals surface area (Å²) in [6.45, 7) is -0.314. The van der Waals surface area contributed by atoms with Crippen LogP contribution < -0.4 is 10.3 Å². The van der Waals surface area contributed by atoms with Gasteiger partial charge in [-0.15, -0.1) is 5.10 Å². The number of esters is 1. The number of nitrogens with zero attached hydrogens (tertiary/aromatic N) is 3. The zero-order valence-corrected chi connectivity index (χ0v) is 13.5. The fraction of sp³-hybridized carbons (Fsp3) is 0.111. The zero-order valence-electron chi connectivity index (χ0n) is 13.5. The van der Waals surface area contributed by atoms with Crippen molar-refractivity contribution in [3.05, 3.63) is 70.5 Å². The van der Waals surface area contributed by atoms with Gasteiger partial charge < -0.3 is 9.47 Å². The maximum absolute atomic E-state index is 12.2. The van der Waals surface area contributed by atoms with Crippen molar-refractivity contribution < 1.29 is 14.3 Å². The standard InChI is InChI=1S/C18H15N3O4/c1-24-16-9-5-2-6-13(16)10-11-17(22)25-12-21-18(23)14-7-3-4-8-15(14)19-20-21/h2-11H,12H2,1H3. The summed E-state index contributed by atoms with van der Waals surface area (Å²) in [5, 5.41) is 8.10. The number of ether oxygens (including phenoxy) is 2. The highest BCUT2D eigenvalue weighted by molar-refractivity contribution is 5.87. The molecule has 7 heteroatoms. The summed E-state index contributed by atoms with van der Waals surface area (Å²) >= 11 is 0. The van der Waals surface area contributed by atoms with Gasteiger partial charge in [-0.2, -0.15) is 4.68 Å². The Morgan fingerprint density at radius 2 is 1.92 bits per heavy atom. The molecule has 7 nitrogen and oxygen atoms in total. The van der Waals surface area contributed by atoms with Crippen LogP contribution >= 0.6 is 0 Å². The molecule has 0 saturated heterocycles. The molecule has 1 aromatic heterocycles. The number of hydrogen-bond donors (Lipinski definition) is 0. The number of benzene rings is 2. The molecule has 3 rings (SSSR count). The molecule has 0 N–H and O–H groups in total. The van der Waals surface area contributed by atoms with Crippen molar-refractivity contribution in [1.29, 1.82) is 0 Å². The number of carbonyl (C=O) groups is 1. The van der Waals surface area contributed by atoms with Crippen LogP contribution in [0.2, 0.25) is 0 Å². The first-order chi connectivity index (χ1) is 12.2. The first-order valence-electron chi connectivity index (χ1n) is 7.49. The molecular weight excluding hydrogens is 322 g/mol. The smallest absolute Gasteiger partial charge is 0.332 e. The lowest BCUT2D eigenvalue weighted by molar-refractivity contribution is -0.141. The lowest BCUT2D eigenvalue weighted by Gasteiger charge is -2.05. The number of methoxy groups -OCH3 is 1. The Morgan fingerprint density at radius 3 is 2.76 bits per heavy atom. The highest BCUT2D eigenvalue weighted by Gasteiger charge is 2.06. The number of aromatic nitrogens is 3. The third kappa shape index (κ3) is 3.72. The molecule has 3 aromatic rings. The van der Waals surface area contributed by atoms with E-state index in [4.69, 9.17) is 9.47 Å². The Labute approximate surface area is 143 Å². The molecule has 0 aliphatic heterocycles. The largest absolute Gasteiger partial charge is 0.496 e. The van der Waals surface area contributed by atoms with E-state index in [9.17, 15) is 9.59 Å². The Morgan fingerprint density at radius 1 is 1.16 bits per heavy atom. The van der Waals surface area contributed by atoms with Crippen LogP contribution in [0, 0.1) is 0 Å². The molecule has 0 atom stereocenters. The molecule has 0 bridgehead atoms. The van der Waals surface area contributed by atoms with Crippen LogP contribution in [-0.4, -0.2) is 28.1 Å². The van der Waals surface area contributed by atoms with Crippen molar-refractivity contribution in [2.24, 2.45) is 0 Å². The summed E-state index contributed by atoms with van der Waals surface area (Å²) in [6, 6.07) is 14.1. The molecule has 0 unspecified atom stereocenters. The topological polar surface area (TPSA) is 83.3 Å². The van der Waals surface area contributed by atoms with Gasteiger partial charge >= 0.3 is 5.97 Å². The molecule has 0 saturated carbocycles. The third-order valence-electron chi connectivity index (χ3n) is 3.50. The van der Waals surface area contributed by atoms with Crippen molar-refractivity contribution in [3.63, 3.8) is 0 Å². The van der Waals surface area contributed by atoms with E-state index in [1.807, 2.05) is 18.2 Å². The minimum absolute atomic E-state index is 0.314. The van der Waals surface area contributed by atoms with Crippen molar-refractivity contribution in [2.75, 3.05) is 7.11 Å². The molecule has 0 aliphatic carbocycles. The molecule has 1 heterocycles. The van der Waals surface area contributed by atoms with Gasteiger partial charge in [-0.1, -0.05) is 35.5 Å². The Kier molecular flexibility index (Phi) is 4.84. The number of fused-ring (bicyclic) bond motifs is 1. The van der Waals surface area contributed by atoms with Gasteiger partial charge in [0, 0.05) is 11.6 Å². The molecule has 0 radical (unpaired) electrons. The second-order valence-electron chi connectivity index (χ2n) is 5.08. The maximum Gasteiger partial charge on any atom is 0.332 e. The second kappa shape index (κ2) is 7.39. The highest BCUT2D eigenvalue weighted by atomic mass is 16.5. The molecular formula is C18H15N3O4. The molecule has 25 heavy (non-hydrogen) atoms. The van der Waals surface area contributed by atoms with Crippen LogP contribution in [0.15, 0.2) is 59.4 Å². The lowest BCUT2D eigenvalue weighted by atomic mass is 10.2. The minimum atomic E-state index is -0.604. The average Bonchev–Trinajstić information content (AvgIpc) is 2.66. The van der Waals surface area contributed by atoms with Gasteiger partial charge in [-0.05, 0) is 24.3 Å². The highest BCUT2D eigenvalue weighted by Crippen LogP contribution is 2.18. The van der Waals surface area contributed by atoms with Gasteiger partial charge in [0.25, 0.3) is 5.56 Å². The summed E-state index contributed by atoms with van der Waals surface area (Å²) in [5.41, 5.74) is 0.864. The van der Waals surface area contributed by atoms with Gasteiger partial charge in [0.1, 0.15) is 11.3 Å². The van der Waals surface area contributed by atoms with E-state index in [0.717, 1.165) is 10.2 Å². The van der Waals surface area contributed by atoms with Crippen LogP contribution in [0.25, 0.3) is 17.0 Å². The summed E-state index contributed by atoms with van der Waals surface area (Å²) in [4.78, 5) is 24.1. The van der Waals surface area contributed by atoms with Crippen LogP contribution in [0.3, 0.4) is 0 Å². The van der Waals surface area contributed by atoms with E-state index in [1.54, 1.807) is 43.5 Å². The van der Waals surface area contributed by atoms with Gasteiger partial charge in [-0.3, -0.25) is 4.79 Å². The quantitative estimate of drug-likeness (QED) is 0.523. The van der Waals surface area contributed by atoms with Crippen LogP contribution in [0.1, 0.15) is 5.56 Å². The summed E-state index contributed by atoms with van der Waals surface area (Å²) < 4.78 is 11.2. The SMILES string of the molecule is COc1ccccc1C=CC(=O)OCn1nnc2ccccc2c1=O. The van der Waals surface area contributed by atoms with Crippen molar-refractivity contribution in [3.8, 4) is 5.75 Å². The van der Waals surface area contributed by atoms with Gasteiger partial charge in [0.15, 0.2) is 6.73 Å². The van der Waals surface area contributed by atoms with Gasteiger partial charge in [-0.25, -0.2) is 4.79 Å². The monoisotopic (exact) mass is 337 g/mol. The summed E-state index contributed by atoms with van der Waals surface area (Å²) in [7, 11) is 1.55. The zero-order chi connectivity index (χ0) is 17.6. The van der Waals surface area contributed by atoms with E-state index in [0.29, 0.717) is 16.7 Å². The second-order valence-corrected chi connectivity index (χ2v) is 5.08. The van der Waals surface area contributed by atoms with Gasteiger partial charge in [0.05, 0.1) is 12.5 Å². The lowest BCUT2D eigenvalue weighted by Crippen LogP contribution is -2.26. The van der Waals surface area contributed by atoms with Crippen LogP contribution in [-0.2, 0) is 16.3 Å². The molecule has 0 aliphatic rings. The molecule has 0 spiro atoms. The normalized spacial score (nSPS) is 10.9. The molecule has 0 amide bonds. The predicted octanol–water partition coefficient (Wildman–Crippen LogP) is 2.01. The maximum atomic E-state index is 12.2. The Hall–Kier alpha value is -3.48. The van der Waals surface area contributed by atoms with E-state index in [2.05, 4.69) is 10.3 Å². The fourth-order valence-electron chi connectivity index (χ4n) is 2.24. The number of para-hydroxylation sites is 1. The van der Waals surface area contributed by atoms with Crippen molar-refractivity contribution in [2.45, 2.75) is 6.73 Å². The van der Waals surface area contributed by atoms with E-state index in [-0.39, 0.29) is 12.3 Å². The van der Waals surface area contributed by atoms with E-state index >= 15 is 0 Å². The van der Waals surface area contributed by atoms with Crippen molar-refractivity contribution >= 4 is 22.9 Å². The molecule has 0 fully saturated rings. The van der Waals surface area contributed by atoms with E-state index < -0.39 is 5.97 Å². The van der Waals surface area contributed by atoms with Crippen LogP contribution in [0.4, 0.5) is 0 Å². The number of carbonyl (C=O) groups excluding carboxylic acids is 1. The predicted molar refractivity (Wildman–Crippen MR) is 91.9 cm³/mol. The summed E-state index contributed by atoms with van der Waals surface area (Å²) in [5.74, 6) is 0.0379. The summed E-state index contributed by atoms with van der Waals surface area (Å²) in [6.07, 6.45) is 2.84. The average molecular weight is 337 g/mol. The van der Waals surface area contributed by atoms with Crippen molar-refractivity contribution in [1.82, 2.24) is 15.0 Å². The van der Waals surface area contributed by atoms with Gasteiger partial charge in [0.2, 0.25) is 0 Å². The Bertz CT molecular complexity index is 995. The first-order valence-corrected chi connectivity index (χ1v) is 7.49. The van der Waals surface area contributed by atoms with Crippen LogP contribution in [0.5, 0.6) is 5.75 Å². The first kappa shape index (κ1) is 16.4. The molecule has 126 valence electrons. The number of hydrogen-bond acceptors (Lipinski definition) is 6. The fourth-order valence-corrected chi connectivity index (χ4v) is 2.24. The number of rotatable bonds is 5.